The van der Waals surface area contributed by atoms with Crippen molar-refractivity contribution in [2.24, 2.45) is 0 Å². The van der Waals surface area contributed by atoms with Crippen molar-refractivity contribution in [1.82, 2.24) is 9.78 Å². The van der Waals surface area contributed by atoms with Gasteiger partial charge in [-0.3, -0.25) is 0 Å². The largest absolute Gasteiger partial charge is 0.494 e. The Morgan fingerprint density at radius 3 is 2.41 bits per heavy atom. The van der Waals surface area contributed by atoms with Crippen molar-refractivity contribution in [3.05, 3.63) is 64.8 Å². The summed E-state index contributed by atoms with van der Waals surface area (Å²) in [6.45, 7) is 8.57. The molecule has 0 unspecified atom stereocenters. The van der Waals surface area contributed by atoms with Crippen LogP contribution in [0, 0.1) is 20.8 Å². The number of aryl methyl sites for hydroxylation is 2. The van der Waals surface area contributed by atoms with Crippen LogP contribution in [0.5, 0.6) is 5.75 Å². The van der Waals surface area contributed by atoms with Gasteiger partial charge in [0.15, 0.2) is 5.69 Å². The second-order valence-corrected chi connectivity index (χ2v) is 6.70. The second-order valence-electron chi connectivity index (χ2n) is 6.70. The molecule has 3 rings (SSSR count). The number of carboxylic acid groups (broad SMARTS) is 1. The molecule has 0 radical (unpaired) electrons. The maximum Gasteiger partial charge on any atom is 0.356 e. The lowest BCUT2D eigenvalue weighted by Gasteiger charge is -2.12. The number of hydrogen-bond donors (Lipinski definition) is 1. The summed E-state index contributed by atoms with van der Waals surface area (Å²) >= 11 is 0. The number of benzene rings is 2. The standard InChI is InChI=1S/C22H24N2O3/c1-5-12-27-18-9-7-17(8-10-18)21-16(4)20(22(25)26)23-24(21)19-11-6-14(2)13-15(19)3/h6-11,13H,5,12H2,1-4H3,(H,25,26). The molecule has 0 amide bonds. The highest BCUT2D eigenvalue weighted by molar-refractivity contribution is 5.90. The monoisotopic (exact) mass is 364 g/mol. The SMILES string of the molecule is CCCOc1ccc(-c2c(C)c(C(=O)O)nn2-c2ccc(C)cc2C)cc1. The van der Waals surface area contributed by atoms with Gasteiger partial charge in [0.25, 0.3) is 0 Å². The minimum atomic E-state index is -1.03. The van der Waals surface area contributed by atoms with Crippen LogP contribution in [0.15, 0.2) is 42.5 Å². The van der Waals surface area contributed by atoms with E-state index in [4.69, 9.17) is 4.74 Å². The van der Waals surface area contributed by atoms with E-state index in [1.54, 1.807) is 11.6 Å². The first-order valence-electron chi connectivity index (χ1n) is 9.06. The van der Waals surface area contributed by atoms with Crippen LogP contribution < -0.4 is 4.74 Å². The lowest BCUT2D eigenvalue weighted by molar-refractivity contribution is 0.0689. The number of aromatic nitrogens is 2. The zero-order valence-electron chi connectivity index (χ0n) is 16.1. The fraction of sp³-hybridized carbons (Fsp3) is 0.273. The molecule has 27 heavy (non-hydrogen) atoms. The van der Waals surface area contributed by atoms with Crippen LogP contribution in [0.4, 0.5) is 0 Å². The molecule has 3 aromatic rings. The van der Waals surface area contributed by atoms with E-state index in [2.05, 4.69) is 18.1 Å². The topological polar surface area (TPSA) is 64.3 Å². The molecule has 140 valence electrons. The fourth-order valence-electron chi connectivity index (χ4n) is 3.18. The molecule has 1 heterocycles. The van der Waals surface area contributed by atoms with Crippen molar-refractivity contribution in [3.8, 4) is 22.7 Å². The number of aromatic carboxylic acids is 1. The quantitative estimate of drug-likeness (QED) is 0.672. The Morgan fingerprint density at radius 1 is 1.11 bits per heavy atom. The summed E-state index contributed by atoms with van der Waals surface area (Å²) in [5.41, 5.74) is 5.45. The summed E-state index contributed by atoms with van der Waals surface area (Å²) in [6, 6.07) is 13.8. The van der Waals surface area contributed by atoms with E-state index in [1.165, 1.54) is 0 Å². The van der Waals surface area contributed by atoms with Crippen LogP contribution >= 0.6 is 0 Å². The Balaban J connectivity index is 2.15. The van der Waals surface area contributed by atoms with E-state index >= 15 is 0 Å². The Hall–Kier alpha value is -3.08. The van der Waals surface area contributed by atoms with Crippen molar-refractivity contribution in [2.45, 2.75) is 34.1 Å². The molecule has 0 saturated heterocycles. The van der Waals surface area contributed by atoms with Crippen LogP contribution in [0.2, 0.25) is 0 Å². The lowest BCUT2D eigenvalue weighted by atomic mass is 10.1. The predicted octanol–water partition coefficient (Wildman–Crippen LogP) is 4.95. The Morgan fingerprint density at radius 2 is 1.81 bits per heavy atom. The van der Waals surface area contributed by atoms with Gasteiger partial charge in [0.1, 0.15) is 5.75 Å². The normalized spacial score (nSPS) is 10.8. The first-order chi connectivity index (χ1) is 12.9. The van der Waals surface area contributed by atoms with E-state index in [1.807, 2.05) is 50.2 Å². The lowest BCUT2D eigenvalue weighted by Crippen LogP contribution is -2.04. The first-order valence-corrected chi connectivity index (χ1v) is 9.06. The number of ether oxygens (including phenoxy) is 1. The van der Waals surface area contributed by atoms with Crippen molar-refractivity contribution in [1.29, 1.82) is 0 Å². The molecule has 0 aliphatic carbocycles. The van der Waals surface area contributed by atoms with Crippen LogP contribution in [-0.2, 0) is 0 Å². The van der Waals surface area contributed by atoms with Gasteiger partial charge >= 0.3 is 5.97 Å². The number of nitrogens with zero attached hydrogens (tertiary/aromatic N) is 2. The Kier molecular flexibility index (Phi) is 5.31. The van der Waals surface area contributed by atoms with Gasteiger partial charge in [-0.1, -0.05) is 24.6 Å². The minimum Gasteiger partial charge on any atom is -0.494 e. The molecule has 1 N–H and O–H groups in total. The molecular formula is C22H24N2O3. The van der Waals surface area contributed by atoms with Crippen molar-refractivity contribution in [2.75, 3.05) is 6.61 Å². The van der Waals surface area contributed by atoms with Gasteiger partial charge in [0.2, 0.25) is 0 Å². The first kappa shape index (κ1) is 18.7. The van der Waals surface area contributed by atoms with Gasteiger partial charge in [0.05, 0.1) is 18.0 Å². The summed E-state index contributed by atoms with van der Waals surface area (Å²) in [6.07, 6.45) is 0.947. The molecular weight excluding hydrogens is 340 g/mol. The average molecular weight is 364 g/mol. The maximum absolute atomic E-state index is 11.7. The Labute approximate surface area is 159 Å². The highest BCUT2D eigenvalue weighted by Gasteiger charge is 2.22. The molecule has 0 spiro atoms. The van der Waals surface area contributed by atoms with E-state index in [0.717, 1.165) is 40.2 Å². The van der Waals surface area contributed by atoms with Crippen molar-refractivity contribution in [3.63, 3.8) is 0 Å². The van der Waals surface area contributed by atoms with Gasteiger partial charge < -0.3 is 9.84 Å². The molecule has 5 heteroatoms. The van der Waals surface area contributed by atoms with Crippen LogP contribution in [-0.4, -0.2) is 27.5 Å². The second kappa shape index (κ2) is 7.66. The van der Waals surface area contributed by atoms with Gasteiger partial charge in [-0.05, 0) is 63.1 Å². The highest BCUT2D eigenvalue weighted by Crippen LogP contribution is 2.31. The van der Waals surface area contributed by atoms with Crippen LogP contribution in [0.25, 0.3) is 16.9 Å². The Bertz CT molecular complexity index is 972. The number of carbonyl (C=O) groups is 1. The average Bonchev–Trinajstić information content (AvgIpc) is 2.97. The molecule has 0 aliphatic heterocycles. The van der Waals surface area contributed by atoms with E-state index in [-0.39, 0.29) is 5.69 Å². The molecule has 5 nitrogen and oxygen atoms in total. The summed E-state index contributed by atoms with van der Waals surface area (Å²) < 4.78 is 7.38. The van der Waals surface area contributed by atoms with E-state index < -0.39 is 5.97 Å². The van der Waals surface area contributed by atoms with Crippen LogP contribution in [0.1, 0.15) is 40.5 Å². The van der Waals surface area contributed by atoms with Gasteiger partial charge in [-0.2, -0.15) is 5.10 Å². The van der Waals surface area contributed by atoms with Crippen molar-refractivity contribution >= 4 is 5.97 Å². The molecule has 0 aliphatic rings. The third-order valence-corrected chi connectivity index (χ3v) is 4.51. The number of hydrogen-bond acceptors (Lipinski definition) is 3. The van der Waals surface area contributed by atoms with Crippen molar-refractivity contribution < 1.29 is 14.6 Å². The molecule has 0 saturated carbocycles. The number of rotatable bonds is 6. The highest BCUT2D eigenvalue weighted by atomic mass is 16.5. The van der Waals surface area contributed by atoms with Gasteiger partial charge in [0, 0.05) is 11.1 Å². The zero-order chi connectivity index (χ0) is 19.6. The zero-order valence-corrected chi connectivity index (χ0v) is 16.1. The summed E-state index contributed by atoms with van der Waals surface area (Å²) in [4.78, 5) is 11.7. The molecule has 0 fully saturated rings. The summed E-state index contributed by atoms with van der Waals surface area (Å²) in [7, 11) is 0. The third-order valence-electron chi connectivity index (χ3n) is 4.51. The minimum absolute atomic E-state index is 0.0660. The predicted molar refractivity (Wildman–Crippen MR) is 106 cm³/mol. The molecule has 0 bridgehead atoms. The summed E-state index contributed by atoms with van der Waals surface area (Å²) in [5, 5.41) is 14.0. The molecule has 1 aromatic heterocycles. The van der Waals surface area contributed by atoms with Crippen LogP contribution in [0.3, 0.4) is 0 Å². The van der Waals surface area contributed by atoms with E-state index in [9.17, 15) is 9.90 Å². The maximum atomic E-state index is 11.7. The van der Waals surface area contributed by atoms with Gasteiger partial charge in [-0.15, -0.1) is 0 Å². The van der Waals surface area contributed by atoms with Gasteiger partial charge in [-0.25, -0.2) is 9.48 Å². The van der Waals surface area contributed by atoms with E-state index in [0.29, 0.717) is 12.2 Å². The molecule has 2 aromatic carbocycles. The summed E-state index contributed by atoms with van der Waals surface area (Å²) in [5.74, 6) is -0.227. The fourth-order valence-corrected chi connectivity index (χ4v) is 3.18. The number of carboxylic acids is 1. The molecule has 0 atom stereocenters. The smallest absolute Gasteiger partial charge is 0.356 e. The third kappa shape index (κ3) is 3.72.